The van der Waals surface area contributed by atoms with Gasteiger partial charge in [0.1, 0.15) is 0 Å². The monoisotopic (exact) mass is 458 g/mol. The molecule has 8 rings (SSSR count). The zero-order chi connectivity index (χ0) is 23.6. The van der Waals surface area contributed by atoms with Crippen LogP contribution in [0.1, 0.15) is 0 Å². The van der Waals surface area contributed by atoms with Crippen molar-refractivity contribution in [1.82, 2.24) is 9.55 Å². The SMILES string of the molecule is c1ccc2cc(-c3ccc(-n4c5ccccc5c5cc6c(cc54)[nH]c4ccccc46)cc3)ccc2c1. The first kappa shape index (κ1) is 19.5. The minimum absolute atomic E-state index is 1.17. The Morgan fingerprint density at radius 3 is 2.03 bits per heavy atom. The van der Waals surface area contributed by atoms with Crippen molar-refractivity contribution >= 4 is 54.4 Å². The Bertz CT molecular complexity index is 2090. The van der Waals surface area contributed by atoms with Gasteiger partial charge in [-0.05, 0) is 64.4 Å². The standard InChI is InChI=1S/C34H22N2/c1-2-8-24-19-25(14-13-22(24)7-1)23-15-17-26(18-16-23)36-33-12-6-4-10-28(33)30-20-29-27-9-3-5-11-31(27)35-32(29)21-34(30)36/h1-21,35H. The number of hydrogen-bond donors (Lipinski definition) is 1. The van der Waals surface area contributed by atoms with Crippen molar-refractivity contribution in [3.05, 3.63) is 127 Å². The second kappa shape index (κ2) is 7.34. The molecular weight excluding hydrogens is 436 g/mol. The molecule has 0 amide bonds. The van der Waals surface area contributed by atoms with E-state index in [4.69, 9.17) is 0 Å². The van der Waals surface area contributed by atoms with Gasteiger partial charge in [0.05, 0.1) is 11.0 Å². The maximum atomic E-state index is 3.62. The second-order valence-corrected chi connectivity index (χ2v) is 9.55. The van der Waals surface area contributed by atoms with E-state index in [9.17, 15) is 0 Å². The number of hydrogen-bond acceptors (Lipinski definition) is 0. The zero-order valence-corrected chi connectivity index (χ0v) is 19.6. The molecule has 2 nitrogen and oxygen atoms in total. The molecule has 8 aromatic rings. The molecule has 0 aliphatic carbocycles. The van der Waals surface area contributed by atoms with Gasteiger partial charge in [-0.15, -0.1) is 0 Å². The largest absolute Gasteiger partial charge is 0.354 e. The Morgan fingerprint density at radius 1 is 0.417 bits per heavy atom. The van der Waals surface area contributed by atoms with E-state index < -0.39 is 0 Å². The number of aromatic amines is 1. The van der Waals surface area contributed by atoms with Crippen molar-refractivity contribution in [3.63, 3.8) is 0 Å². The summed E-state index contributed by atoms with van der Waals surface area (Å²) in [6, 6.07) is 46.1. The summed E-state index contributed by atoms with van der Waals surface area (Å²) >= 11 is 0. The molecule has 0 unspecified atom stereocenters. The molecule has 0 saturated carbocycles. The predicted molar refractivity (Wildman–Crippen MR) is 153 cm³/mol. The highest BCUT2D eigenvalue weighted by atomic mass is 15.0. The van der Waals surface area contributed by atoms with Crippen molar-refractivity contribution in [2.75, 3.05) is 0 Å². The Balaban J connectivity index is 1.34. The normalized spacial score (nSPS) is 11.9. The van der Waals surface area contributed by atoms with Crippen LogP contribution in [0.15, 0.2) is 127 Å². The first-order valence-corrected chi connectivity index (χ1v) is 12.4. The summed E-state index contributed by atoms with van der Waals surface area (Å²) in [6.45, 7) is 0. The molecule has 2 heteroatoms. The average molecular weight is 459 g/mol. The Morgan fingerprint density at radius 2 is 1.14 bits per heavy atom. The molecule has 0 bridgehead atoms. The molecule has 0 spiro atoms. The van der Waals surface area contributed by atoms with Crippen LogP contribution >= 0.6 is 0 Å². The third kappa shape index (κ3) is 2.79. The number of fused-ring (bicyclic) bond motifs is 7. The molecule has 0 saturated heterocycles. The quantitative estimate of drug-likeness (QED) is 0.266. The smallest absolute Gasteiger partial charge is 0.0562 e. The molecule has 168 valence electrons. The zero-order valence-electron chi connectivity index (χ0n) is 19.6. The molecule has 0 aliphatic heterocycles. The van der Waals surface area contributed by atoms with Gasteiger partial charge in [-0.1, -0.05) is 84.9 Å². The molecule has 6 aromatic carbocycles. The van der Waals surface area contributed by atoms with Gasteiger partial charge >= 0.3 is 0 Å². The van der Waals surface area contributed by atoms with E-state index in [1.807, 2.05) is 0 Å². The number of aromatic nitrogens is 2. The van der Waals surface area contributed by atoms with Crippen LogP contribution in [0.25, 0.3) is 71.2 Å². The third-order valence-electron chi connectivity index (χ3n) is 7.51. The second-order valence-electron chi connectivity index (χ2n) is 9.55. The summed E-state index contributed by atoms with van der Waals surface area (Å²) in [5.41, 5.74) is 8.42. The van der Waals surface area contributed by atoms with Crippen molar-refractivity contribution in [1.29, 1.82) is 0 Å². The Hall–Kier alpha value is -4.82. The van der Waals surface area contributed by atoms with Crippen LogP contribution in [-0.4, -0.2) is 9.55 Å². The molecule has 1 N–H and O–H groups in total. The van der Waals surface area contributed by atoms with E-state index in [1.165, 1.54) is 71.2 Å². The van der Waals surface area contributed by atoms with E-state index in [-0.39, 0.29) is 0 Å². The van der Waals surface area contributed by atoms with Crippen LogP contribution in [0.5, 0.6) is 0 Å². The van der Waals surface area contributed by atoms with E-state index in [0.717, 1.165) is 0 Å². The maximum Gasteiger partial charge on any atom is 0.0562 e. The lowest BCUT2D eigenvalue weighted by Crippen LogP contribution is -1.93. The van der Waals surface area contributed by atoms with Gasteiger partial charge in [0.25, 0.3) is 0 Å². The van der Waals surface area contributed by atoms with Gasteiger partial charge < -0.3 is 9.55 Å². The van der Waals surface area contributed by atoms with Gasteiger partial charge in [0, 0.05) is 38.3 Å². The third-order valence-corrected chi connectivity index (χ3v) is 7.51. The fourth-order valence-corrected chi connectivity index (χ4v) is 5.76. The minimum Gasteiger partial charge on any atom is -0.354 e. The van der Waals surface area contributed by atoms with E-state index in [2.05, 4.69) is 137 Å². The predicted octanol–water partition coefficient (Wildman–Crippen LogP) is 9.24. The van der Waals surface area contributed by atoms with Gasteiger partial charge in [0.2, 0.25) is 0 Å². The number of benzene rings is 6. The van der Waals surface area contributed by atoms with Crippen molar-refractivity contribution in [3.8, 4) is 16.8 Å². The first-order chi connectivity index (χ1) is 17.8. The van der Waals surface area contributed by atoms with E-state index >= 15 is 0 Å². The van der Waals surface area contributed by atoms with Crippen LogP contribution in [-0.2, 0) is 0 Å². The van der Waals surface area contributed by atoms with Crippen LogP contribution in [0.2, 0.25) is 0 Å². The molecular formula is C34H22N2. The van der Waals surface area contributed by atoms with Gasteiger partial charge in [-0.2, -0.15) is 0 Å². The molecule has 0 aliphatic rings. The minimum atomic E-state index is 1.17. The highest BCUT2D eigenvalue weighted by molar-refractivity contribution is 6.18. The molecule has 0 atom stereocenters. The average Bonchev–Trinajstić information content (AvgIpc) is 3.46. The van der Waals surface area contributed by atoms with Gasteiger partial charge in [0.15, 0.2) is 0 Å². The number of nitrogens with one attached hydrogen (secondary N) is 1. The highest BCUT2D eigenvalue weighted by Crippen LogP contribution is 2.37. The molecule has 2 aromatic heterocycles. The number of rotatable bonds is 2. The van der Waals surface area contributed by atoms with Crippen molar-refractivity contribution in [2.45, 2.75) is 0 Å². The fraction of sp³-hybridized carbons (Fsp3) is 0. The summed E-state index contributed by atoms with van der Waals surface area (Å²) in [7, 11) is 0. The lowest BCUT2D eigenvalue weighted by molar-refractivity contribution is 1.18. The molecule has 2 heterocycles. The van der Waals surface area contributed by atoms with Crippen LogP contribution in [0.4, 0.5) is 0 Å². The first-order valence-electron chi connectivity index (χ1n) is 12.4. The number of H-pyrrole nitrogens is 1. The molecule has 36 heavy (non-hydrogen) atoms. The van der Waals surface area contributed by atoms with Gasteiger partial charge in [-0.25, -0.2) is 0 Å². The van der Waals surface area contributed by atoms with Crippen LogP contribution < -0.4 is 0 Å². The van der Waals surface area contributed by atoms with E-state index in [0.29, 0.717) is 0 Å². The highest BCUT2D eigenvalue weighted by Gasteiger charge is 2.15. The molecule has 0 radical (unpaired) electrons. The van der Waals surface area contributed by atoms with Crippen molar-refractivity contribution < 1.29 is 0 Å². The Labute approximate surface area is 208 Å². The van der Waals surface area contributed by atoms with Gasteiger partial charge in [-0.3, -0.25) is 0 Å². The number of nitrogens with zero attached hydrogens (tertiary/aromatic N) is 1. The fourth-order valence-electron chi connectivity index (χ4n) is 5.76. The van der Waals surface area contributed by atoms with Crippen LogP contribution in [0, 0.1) is 0 Å². The summed E-state index contributed by atoms with van der Waals surface area (Å²) in [6.07, 6.45) is 0. The topological polar surface area (TPSA) is 20.7 Å². The lowest BCUT2D eigenvalue weighted by Gasteiger charge is -2.10. The van der Waals surface area contributed by atoms with Crippen LogP contribution in [0.3, 0.4) is 0 Å². The Kier molecular flexibility index (Phi) is 3.97. The molecule has 0 fully saturated rings. The summed E-state index contributed by atoms with van der Waals surface area (Å²) in [5, 5.41) is 7.63. The lowest BCUT2D eigenvalue weighted by atomic mass is 10.0. The number of para-hydroxylation sites is 2. The van der Waals surface area contributed by atoms with Crippen molar-refractivity contribution in [2.24, 2.45) is 0 Å². The summed E-state index contributed by atoms with van der Waals surface area (Å²) in [4.78, 5) is 3.62. The summed E-state index contributed by atoms with van der Waals surface area (Å²) < 4.78 is 2.39. The summed E-state index contributed by atoms with van der Waals surface area (Å²) in [5.74, 6) is 0. The van der Waals surface area contributed by atoms with E-state index in [1.54, 1.807) is 0 Å². The maximum absolute atomic E-state index is 3.62.